The van der Waals surface area contributed by atoms with Crippen molar-refractivity contribution >= 4 is 15.9 Å². The van der Waals surface area contributed by atoms with Gasteiger partial charge in [0.15, 0.2) is 9.84 Å². The highest BCUT2D eigenvalue weighted by molar-refractivity contribution is 7.92. The number of amides is 2. The first-order chi connectivity index (χ1) is 10.5. The van der Waals surface area contributed by atoms with E-state index in [-0.39, 0.29) is 11.9 Å². The Morgan fingerprint density at radius 2 is 1.73 bits per heavy atom. The zero-order chi connectivity index (χ0) is 15.6. The van der Waals surface area contributed by atoms with Crippen LogP contribution in [0, 0.1) is 11.3 Å². The Bertz CT molecular complexity index is 499. The van der Waals surface area contributed by atoms with Crippen LogP contribution in [-0.4, -0.2) is 38.5 Å². The number of hydrogen-bond donors (Lipinski definition) is 2. The molecule has 1 saturated heterocycles. The third-order valence-electron chi connectivity index (χ3n) is 5.88. The van der Waals surface area contributed by atoms with Gasteiger partial charge in [0.1, 0.15) is 0 Å². The van der Waals surface area contributed by atoms with Crippen LogP contribution in [0.1, 0.15) is 57.8 Å². The number of carbonyl (C=O) groups is 1. The number of rotatable bonds is 4. The summed E-state index contributed by atoms with van der Waals surface area (Å²) in [5.74, 6) is 0.825. The van der Waals surface area contributed by atoms with Crippen LogP contribution in [0.3, 0.4) is 0 Å². The van der Waals surface area contributed by atoms with Crippen molar-refractivity contribution in [3.8, 4) is 0 Å². The molecule has 22 heavy (non-hydrogen) atoms. The molecule has 3 fully saturated rings. The van der Waals surface area contributed by atoms with Crippen LogP contribution in [0.25, 0.3) is 0 Å². The van der Waals surface area contributed by atoms with Gasteiger partial charge in [0.25, 0.3) is 0 Å². The third-order valence-corrected chi connectivity index (χ3v) is 7.84. The number of sulfone groups is 1. The number of carbonyl (C=O) groups excluding carboxylic acids is 1. The topological polar surface area (TPSA) is 75.3 Å². The van der Waals surface area contributed by atoms with E-state index >= 15 is 0 Å². The minimum absolute atomic E-state index is 0.0703. The summed E-state index contributed by atoms with van der Waals surface area (Å²) in [5.41, 5.74) is 0.359. The van der Waals surface area contributed by atoms with Crippen molar-refractivity contribution in [3.05, 3.63) is 0 Å². The fourth-order valence-corrected chi connectivity index (χ4v) is 6.33. The summed E-state index contributed by atoms with van der Waals surface area (Å²) in [4.78, 5) is 12.1. The second-order valence-electron chi connectivity index (χ2n) is 7.50. The molecule has 0 bridgehead atoms. The summed E-state index contributed by atoms with van der Waals surface area (Å²) < 4.78 is 22.2. The Balaban J connectivity index is 1.40. The van der Waals surface area contributed by atoms with Gasteiger partial charge >= 0.3 is 6.03 Å². The lowest BCUT2D eigenvalue weighted by Gasteiger charge is -2.39. The van der Waals surface area contributed by atoms with Crippen molar-refractivity contribution in [2.75, 3.05) is 18.1 Å². The zero-order valence-corrected chi connectivity index (χ0v) is 14.1. The minimum atomic E-state index is -2.75. The fourth-order valence-electron chi connectivity index (χ4n) is 4.65. The molecule has 6 heteroatoms. The van der Waals surface area contributed by atoms with Crippen LogP contribution in [0.5, 0.6) is 0 Å². The van der Waals surface area contributed by atoms with Gasteiger partial charge in [-0.25, -0.2) is 13.2 Å². The lowest BCUT2D eigenvalue weighted by molar-refractivity contribution is 0.150. The lowest BCUT2D eigenvalue weighted by atomic mass is 9.70. The molecule has 0 aromatic rings. The summed E-state index contributed by atoms with van der Waals surface area (Å²) in [6.45, 7) is 0.575. The molecule has 0 aromatic heterocycles. The fraction of sp³-hybridized carbons (Fsp3) is 0.938. The Morgan fingerprint density at radius 3 is 2.41 bits per heavy atom. The van der Waals surface area contributed by atoms with E-state index in [9.17, 15) is 13.2 Å². The molecule has 3 aliphatic rings. The standard InChI is InChI=1S/C16H28N2O3S/c19-15(17-10-6-13-11-22(20,21)12-13)18-14-5-4-9-16(14)7-2-1-3-8-16/h13-14H,1-12H2,(H2,17,18,19). The van der Waals surface area contributed by atoms with Crippen molar-refractivity contribution < 1.29 is 13.2 Å². The Kier molecular flexibility index (Phi) is 4.67. The van der Waals surface area contributed by atoms with E-state index in [2.05, 4.69) is 10.6 Å². The molecule has 2 N–H and O–H groups in total. The SMILES string of the molecule is O=C(NCCC1CS(=O)(=O)C1)NC1CCCC12CCCCC2. The molecule has 1 atom stereocenters. The Hall–Kier alpha value is -0.780. The Labute approximate surface area is 133 Å². The Morgan fingerprint density at radius 1 is 1.05 bits per heavy atom. The van der Waals surface area contributed by atoms with Crippen molar-refractivity contribution in [2.45, 2.75) is 63.8 Å². The van der Waals surface area contributed by atoms with Crippen LogP contribution < -0.4 is 10.6 Å². The molecule has 1 heterocycles. The maximum atomic E-state index is 12.1. The second kappa shape index (κ2) is 6.38. The first kappa shape index (κ1) is 16.1. The van der Waals surface area contributed by atoms with E-state index in [1.54, 1.807) is 0 Å². The minimum Gasteiger partial charge on any atom is -0.338 e. The van der Waals surface area contributed by atoms with Gasteiger partial charge in [-0.2, -0.15) is 0 Å². The summed E-state index contributed by atoms with van der Waals surface area (Å²) in [7, 11) is -2.75. The number of hydrogen-bond acceptors (Lipinski definition) is 3. The highest BCUT2D eigenvalue weighted by Gasteiger charge is 2.43. The molecule has 0 radical (unpaired) electrons. The summed E-state index contributed by atoms with van der Waals surface area (Å²) in [5, 5.41) is 6.11. The summed E-state index contributed by atoms with van der Waals surface area (Å²) >= 11 is 0. The molecule has 2 saturated carbocycles. The largest absolute Gasteiger partial charge is 0.338 e. The van der Waals surface area contributed by atoms with Gasteiger partial charge in [-0.1, -0.05) is 25.7 Å². The van der Waals surface area contributed by atoms with Gasteiger partial charge in [-0.3, -0.25) is 0 Å². The van der Waals surface area contributed by atoms with E-state index in [0.717, 1.165) is 12.8 Å². The molecule has 5 nitrogen and oxygen atoms in total. The maximum Gasteiger partial charge on any atom is 0.315 e. The van der Waals surface area contributed by atoms with E-state index in [1.807, 2.05) is 0 Å². The highest BCUT2D eigenvalue weighted by Crippen LogP contribution is 2.49. The molecule has 2 amide bonds. The maximum absolute atomic E-state index is 12.1. The van der Waals surface area contributed by atoms with Crippen LogP contribution >= 0.6 is 0 Å². The first-order valence-corrected chi connectivity index (χ1v) is 10.6. The van der Waals surface area contributed by atoms with Gasteiger partial charge < -0.3 is 10.6 Å². The lowest BCUT2D eigenvalue weighted by Crippen LogP contribution is -2.49. The van der Waals surface area contributed by atoms with Crippen LogP contribution in [0.15, 0.2) is 0 Å². The molecule has 1 unspecified atom stereocenters. The second-order valence-corrected chi connectivity index (χ2v) is 9.65. The highest BCUT2D eigenvalue weighted by atomic mass is 32.2. The van der Waals surface area contributed by atoms with E-state index in [0.29, 0.717) is 29.5 Å². The van der Waals surface area contributed by atoms with Crippen LogP contribution in [0.2, 0.25) is 0 Å². The van der Waals surface area contributed by atoms with Gasteiger partial charge in [0.05, 0.1) is 11.5 Å². The van der Waals surface area contributed by atoms with E-state index in [1.165, 1.54) is 44.9 Å². The molecule has 1 spiro atoms. The predicted octanol–water partition coefficient (Wildman–Crippen LogP) is 2.22. The monoisotopic (exact) mass is 328 g/mol. The molecule has 2 aliphatic carbocycles. The summed E-state index contributed by atoms with van der Waals surface area (Å²) in [6.07, 6.45) is 10.8. The average Bonchev–Trinajstić information content (AvgIpc) is 2.80. The van der Waals surface area contributed by atoms with Crippen molar-refractivity contribution in [1.82, 2.24) is 10.6 Å². The summed E-state index contributed by atoms with van der Waals surface area (Å²) in [6, 6.07) is 0.260. The average molecular weight is 328 g/mol. The number of urea groups is 1. The number of nitrogens with one attached hydrogen (secondary N) is 2. The predicted molar refractivity (Wildman–Crippen MR) is 86.5 cm³/mol. The third kappa shape index (κ3) is 3.58. The van der Waals surface area contributed by atoms with Crippen molar-refractivity contribution in [2.24, 2.45) is 11.3 Å². The van der Waals surface area contributed by atoms with Crippen molar-refractivity contribution in [1.29, 1.82) is 0 Å². The molecular formula is C16H28N2O3S. The van der Waals surface area contributed by atoms with Crippen molar-refractivity contribution in [3.63, 3.8) is 0 Å². The molecule has 0 aromatic carbocycles. The first-order valence-electron chi connectivity index (χ1n) is 8.74. The quantitative estimate of drug-likeness (QED) is 0.831. The normalized spacial score (nSPS) is 29.9. The van der Waals surface area contributed by atoms with E-state index in [4.69, 9.17) is 0 Å². The van der Waals surface area contributed by atoms with E-state index < -0.39 is 9.84 Å². The molecular weight excluding hydrogens is 300 g/mol. The zero-order valence-electron chi connectivity index (χ0n) is 13.3. The van der Waals surface area contributed by atoms with Crippen LogP contribution in [-0.2, 0) is 9.84 Å². The van der Waals surface area contributed by atoms with Gasteiger partial charge in [-0.05, 0) is 43.4 Å². The van der Waals surface area contributed by atoms with Gasteiger partial charge in [-0.15, -0.1) is 0 Å². The molecule has 1 aliphatic heterocycles. The van der Waals surface area contributed by atoms with Gasteiger partial charge in [0, 0.05) is 12.6 Å². The molecule has 126 valence electrons. The van der Waals surface area contributed by atoms with Crippen LogP contribution in [0.4, 0.5) is 4.79 Å². The smallest absolute Gasteiger partial charge is 0.315 e. The molecule has 3 rings (SSSR count). The van der Waals surface area contributed by atoms with Gasteiger partial charge in [0.2, 0.25) is 0 Å².